The molecule has 0 saturated heterocycles. The summed E-state index contributed by atoms with van der Waals surface area (Å²) >= 11 is 11.0. The predicted molar refractivity (Wildman–Crippen MR) is 78.9 cm³/mol. The minimum atomic E-state index is -0.706. The normalized spacial score (nSPS) is 10.2. The van der Waals surface area contributed by atoms with Gasteiger partial charge in [0.2, 0.25) is 5.78 Å². The smallest absolute Gasteiger partial charge is 0.282 e. The van der Waals surface area contributed by atoms with Crippen LogP contribution in [0.5, 0.6) is 5.75 Å². The SMILES string of the molecule is Nc1cc(C(=O)c2ccccc2OCl)c([N+](=O)[O-])cc1Cl. The topological polar surface area (TPSA) is 95.5 Å². The molecule has 0 aliphatic heterocycles. The molecule has 0 saturated carbocycles. The third kappa shape index (κ3) is 2.91. The number of carbonyl (C=O) groups is 1. The summed E-state index contributed by atoms with van der Waals surface area (Å²) in [6.07, 6.45) is 0. The second-order valence-electron chi connectivity index (χ2n) is 4.05. The first kappa shape index (κ1) is 15.1. The third-order valence-electron chi connectivity index (χ3n) is 2.77. The minimum Gasteiger partial charge on any atom is -0.397 e. The number of para-hydroxylation sites is 1. The Hall–Kier alpha value is -2.31. The number of hydrogen-bond donors (Lipinski definition) is 1. The molecule has 0 amide bonds. The van der Waals surface area contributed by atoms with Gasteiger partial charge in [0.15, 0.2) is 5.75 Å². The molecule has 0 radical (unpaired) electrons. The van der Waals surface area contributed by atoms with Crippen LogP contribution in [-0.4, -0.2) is 10.7 Å². The van der Waals surface area contributed by atoms with Crippen molar-refractivity contribution in [1.82, 2.24) is 0 Å². The van der Waals surface area contributed by atoms with Crippen molar-refractivity contribution in [3.05, 3.63) is 62.7 Å². The molecule has 0 bridgehead atoms. The van der Waals surface area contributed by atoms with E-state index in [0.717, 1.165) is 12.1 Å². The number of nitrogens with two attached hydrogens (primary N) is 1. The van der Waals surface area contributed by atoms with E-state index in [1.807, 2.05) is 0 Å². The molecule has 108 valence electrons. The lowest BCUT2D eigenvalue weighted by Crippen LogP contribution is -2.07. The van der Waals surface area contributed by atoms with E-state index >= 15 is 0 Å². The Labute approximate surface area is 129 Å². The number of nitrogen functional groups attached to an aromatic ring is 1. The summed E-state index contributed by atoms with van der Waals surface area (Å²) in [6.45, 7) is 0. The molecule has 0 atom stereocenters. The first-order chi connectivity index (χ1) is 9.95. The molecule has 0 fully saturated rings. The standard InChI is InChI=1S/C13H8Cl2N2O4/c14-9-6-11(17(19)20)8(5-10(9)16)13(18)7-3-1-2-4-12(7)21-15/h1-6H,16H2. The molecule has 2 N–H and O–H groups in total. The van der Waals surface area contributed by atoms with Crippen LogP contribution in [0.4, 0.5) is 11.4 Å². The molecular formula is C13H8Cl2N2O4. The van der Waals surface area contributed by atoms with E-state index < -0.39 is 16.4 Å². The highest BCUT2D eigenvalue weighted by Gasteiger charge is 2.25. The lowest BCUT2D eigenvalue weighted by atomic mass is 10.0. The second kappa shape index (κ2) is 5.99. The number of halogens is 2. The molecule has 0 unspecified atom stereocenters. The van der Waals surface area contributed by atoms with Crippen LogP contribution < -0.4 is 10.0 Å². The van der Waals surface area contributed by atoms with Crippen LogP contribution in [0.1, 0.15) is 15.9 Å². The lowest BCUT2D eigenvalue weighted by molar-refractivity contribution is -0.385. The highest BCUT2D eigenvalue weighted by molar-refractivity contribution is 6.33. The van der Waals surface area contributed by atoms with Gasteiger partial charge in [0.1, 0.15) is 17.4 Å². The number of anilines is 1. The summed E-state index contributed by atoms with van der Waals surface area (Å²) in [5.41, 5.74) is 5.12. The number of benzene rings is 2. The highest BCUT2D eigenvalue weighted by atomic mass is 35.5. The monoisotopic (exact) mass is 326 g/mol. The predicted octanol–water partition coefficient (Wildman–Crippen LogP) is 3.59. The van der Waals surface area contributed by atoms with E-state index in [2.05, 4.69) is 4.29 Å². The summed E-state index contributed by atoms with van der Waals surface area (Å²) in [4.78, 5) is 22.8. The zero-order valence-corrected chi connectivity index (χ0v) is 11.9. The fraction of sp³-hybridized carbons (Fsp3) is 0. The zero-order valence-electron chi connectivity index (χ0n) is 10.4. The van der Waals surface area contributed by atoms with Crippen LogP contribution in [-0.2, 0) is 0 Å². The maximum absolute atomic E-state index is 12.5. The summed E-state index contributed by atoms with van der Waals surface area (Å²) in [6, 6.07) is 8.29. The number of nitrogens with zero attached hydrogens (tertiary/aromatic N) is 1. The Bertz CT molecular complexity index is 734. The Morgan fingerprint density at radius 1 is 1.24 bits per heavy atom. The van der Waals surface area contributed by atoms with Gasteiger partial charge < -0.3 is 10.0 Å². The number of nitro groups is 1. The first-order valence-corrected chi connectivity index (χ1v) is 6.30. The van der Waals surface area contributed by atoms with Crippen molar-refractivity contribution < 1.29 is 14.0 Å². The van der Waals surface area contributed by atoms with E-state index in [1.54, 1.807) is 12.1 Å². The molecule has 0 aliphatic rings. The first-order valence-electron chi connectivity index (χ1n) is 5.61. The molecule has 2 rings (SSSR count). The fourth-order valence-corrected chi connectivity index (χ4v) is 2.07. The average molecular weight is 327 g/mol. The maximum Gasteiger partial charge on any atom is 0.282 e. The van der Waals surface area contributed by atoms with Crippen LogP contribution in [0.2, 0.25) is 5.02 Å². The Kier molecular flexibility index (Phi) is 4.30. The Morgan fingerprint density at radius 3 is 2.52 bits per heavy atom. The highest BCUT2D eigenvalue weighted by Crippen LogP contribution is 2.32. The number of rotatable bonds is 4. The molecule has 0 aromatic heterocycles. The van der Waals surface area contributed by atoms with Gasteiger partial charge in [-0.25, -0.2) is 0 Å². The summed E-state index contributed by atoms with van der Waals surface area (Å²) in [7, 11) is 0. The van der Waals surface area contributed by atoms with Gasteiger partial charge in [-0.05, 0) is 18.2 Å². The van der Waals surface area contributed by atoms with Gasteiger partial charge in [0.25, 0.3) is 5.69 Å². The molecule has 8 heteroatoms. The molecule has 2 aromatic rings. The summed E-state index contributed by atoms with van der Waals surface area (Å²) in [5.74, 6) is -0.548. The van der Waals surface area contributed by atoms with Crippen LogP contribution >= 0.6 is 23.5 Å². The zero-order chi connectivity index (χ0) is 15.6. The minimum absolute atomic E-state index is 0.000119. The fourth-order valence-electron chi connectivity index (χ4n) is 1.78. The van der Waals surface area contributed by atoms with E-state index in [1.165, 1.54) is 12.1 Å². The molecule has 0 spiro atoms. The van der Waals surface area contributed by atoms with Gasteiger partial charge in [-0.15, -0.1) is 0 Å². The Balaban J connectivity index is 2.63. The van der Waals surface area contributed by atoms with E-state index in [0.29, 0.717) is 0 Å². The second-order valence-corrected chi connectivity index (χ2v) is 4.61. The quantitative estimate of drug-likeness (QED) is 0.401. The van der Waals surface area contributed by atoms with Gasteiger partial charge in [-0.3, -0.25) is 14.9 Å². The van der Waals surface area contributed by atoms with E-state index in [9.17, 15) is 14.9 Å². The van der Waals surface area contributed by atoms with Crippen molar-refractivity contribution in [2.45, 2.75) is 0 Å². The third-order valence-corrected chi connectivity index (χ3v) is 3.26. The molecular weight excluding hydrogens is 319 g/mol. The van der Waals surface area contributed by atoms with Crippen LogP contribution in [0.25, 0.3) is 0 Å². The van der Waals surface area contributed by atoms with Crippen molar-refractivity contribution in [1.29, 1.82) is 0 Å². The molecule has 0 aliphatic carbocycles. The van der Waals surface area contributed by atoms with Gasteiger partial charge in [0.05, 0.1) is 21.2 Å². The largest absolute Gasteiger partial charge is 0.397 e. The van der Waals surface area contributed by atoms with Gasteiger partial charge in [-0.2, -0.15) is 0 Å². The molecule has 2 aromatic carbocycles. The van der Waals surface area contributed by atoms with Gasteiger partial charge in [-0.1, -0.05) is 23.7 Å². The van der Waals surface area contributed by atoms with Crippen LogP contribution in [0.3, 0.4) is 0 Å². The average Bonchev–Trinajstić information content (AvgIpc) is 2.48. The number of hydrogen-bond acceptors (Lipinski definition) is 5. The van der Waals surface area contributed by atoms with Crippen LogP contribution in [0, 0.1) is 10.1 Å². The van der Waals surface area contributed by atoms with Crippen molar-refractivity contribution in [2.24, 2.45) is 0 Å². The molecule has 21 heavy (non-hydrogen) atoms. The summed E-state index contributed by atoms with van der Waals surface area (Å²) in [5, 5.41) is 11.1. The van der Waals surface area contributed by atoms with Crippen LogP contribution in [0.15, 0.2) is 36.4 Å². The van der Waals surface area contributed by atoms with E-state index in [4.69, 9.17) is 29.2 Å². The van der Waals surface area contributed by atoms with Crippen molar-refractivity contribution in [3.8, 4) is 5.75 Å². The number of ketones is 1. The van der Waals surface area contributed by atoms with Gasteiger partial charge in [0, 0.05) is 6.07 Å². The lowest BCUT2D eigenvalue weighted by Gasteiger charge is -2.07. The number of carbonyl (C=O) groups excluding carboxylic acids is 1. The van der Waals surface area contributed by atoms with Crippen molar-refractivity contribution in [2.75, 3.05) is 5.73 Å². The van der Waals surface area contributed by atoms with Crippen molar-refractivity contribution in [3.63, 3.8) is 0 Å². The van der Waals surface area contributed by atoms with E-state index in [-0.39, 0.29) is 27.6 Å². The summed E-state index contributed by atoms with van der Waals surface area (Å²) < 4.78 is 4.57. The Morgan fingerprint density at radius 2 is 1.90 bits per heavy atom. The molecule has 0 heterocycles. The number of nitro benzene ring substituents is 1. The van der Waals surface area contributed by atoms with Crippen molar-refractivity contribution >= 4 is 40.6 Å². The van der Waals surface area contributed by atoms with Gasteiger partial charge >= 0.3 is 0 Å². The molecule has 6 nitrogen and oxygen atoms in total. The maximum atomic E-state index is 12.5.